The SMILES string of the molecule is C[C@@H]1[C@H](C)CCC[C@H]1n1c(SCC(=O)N2CCNC2=O)nc2ccccc2c1=O. The first-order valence-corrected chi connectivity index (χ1v) is 11.2. The van der Waals surface area contributed by atoms with Crippen molar-refractivity contribution in [3.05, 3.63) is 34.6 Å². The minimum absolute atomic E-state index is 0.0459. The molecule has 7 nitrogen and oxygen atoms in total. The smallest absolute Gasteiger partial charge is 0.324 e. The molecule has 154 valence electrons. The molecule has 1 saturated carbocycles. The molecule has 3 amide bonds. The molecular weight excluding hydrogens is 388 g/mol. The van der Waals surface area contributed by atoms with Crippen molar-refractivity contribution in [1.29, 1.82) is 0 Å². The van der Waals surface area contributed by atoms with Gasteiger partial charge in [0.25, 0.3) is 5.56 Å². The van der Waals surface area contributed by atoms with Crippen LogP contribution in [0.1, 0.15) is 39.2 Å². The van der Waals surface area contributed by atoms with Gasteiger partial charge in [0.1, 0.15) is 0 Å². The van der Waals surface area contributed by atoms with Crippen LogP contribution in [-0.2, 0) is 4.79 Å². The molecule has 0 spiro atoms. The first-order valence-electron chi connectivity index (χ1n) is 10.2. The third kappa shape index (κ3) is 3.77. The van der Waals surface area contributed by atoms with Crippen LogP contribution in [0, 0.1) is 11.8 Å². The van der Waals surface area contributed by atoms with Gasteiger partial charge in [0, 0.05) is 19.1 Å². The van der Waals surface area contributed by atoms with Gasteiger partial charge in [-0.3, -0.25) is 19.1 Å². The number of hydrogen-bond acceptors (Lipinski definition) is 5. The highest BCUT2D eigenvalue weighted by atomic mass is 32.2. The Morgan fingerprint density at radius 3 is 2.79 bits per heavy atom. The van der Waals surface area contributed by atoms with E-state index in [9.17, 15) is 14.4 Å². The molecule has 0 radical (unpaired) electrons. The molecule has 0 bridgehead atoms. The zero-order valence-electron chi connectivity index (χ0n) is 16.8. The topological polar surface area (TPSA) is 84.3 Å². The number of carbonyl (C=O) groups excluding carboxylic acids is 2. The summed E-state index contributed by atoms with van der Waals surface area (Å²) in [6.45, 7) is 5.29. The summed E-state index contributed by atoms with van der Waals surface area (Å²) in [6.07, 6.45) is 3.17. The molecule has 1 aliphatic heterocycles. The number of nitrogens with zero attached hydrogens (tertiary/aromatic N) is 3. The van der Waals surface area contributed by atoms with E-state index >= 15 is 0 Å². The largest absolute Gasteiger partial charge is 0.336 e. The number of amides is 3. The van der Waals surface area contributed by atoms with Crippen LogP contribution < -0.4 is 10.9 Å². The summed E-state index contributed by atoms with van der Waals surface area (Å²) in [5.41, 5.74) is 0.592. The molecular formula is C21H26N4O3S. The molecule has 29 heavy (non-hydrogen) atoms. The van der Waals surface area contributed by atoms with Crippen molar-refractivity contribution in [2.24, 2.45) is 11.8 Å². The van der Waals surface area contributed by atoms with Crippen LogP contribution in [0.15, 0.2) is 34.2 Å². The summed E-state index contributed by atoms with van der Waals surface area (Å²) >= 11 is 1.25. The molecule has 2 heterocycles. The minimum atomic E-state index is -0.353. The molecule has 2 aromatic rings. The van der Waals surface area contributed by atoms with E-state index in [1.54, 1.807) is 0 Å². The standard InChI is InChI=1S/C21H26N4O3S/c1-13-6-5-9-17(14(13)2)25-19(27)15-7-3-4-8-16(15)23-21(25)29-12-18(26)24-11-10-22-20(24)28/h3-4,7-8,13-14,17H,5-6,9-12H2,1-2H3,(H,22,28)/t13-,14-,17-/m1/s1. The summed E-state index contributed by atoms with van der Waals surface area (Å²) < 4.78 is 1.81. The minimum Gasteiger partial charge on any atom is -0.336 e. The second kappa shape index (κ2) is 8.18. The second-order valence-corrected chi connectivity index (χ2v) is 8.93. The van der Waals surface area contributed by atoms with Gasteiger partial charge in [-0.05, 0) is 30.4 Å². The average Bonchev–Trinajstić information content (AvgIpc) is 3.15. The molecule has 4 rings (SSSR count). The first-order chi connectivity index (χ1) is 14.0. The predicted octanol–water partition coefficient (Wildman–Crippen LogP) is 3.04. The fraction of sp³-hybridized carbons (Fsp3) is 0.524. The van der Waals surface area contributed by atoms with E-state index in [-0.39, 0.29) is 29.3 Å². The van der Waals surface area contributed by atoms with Crippen molar-refractivity contribution in [1.82, 2.24) is 19.8 Å². The Labute approximate surface area is 173 Å². The maximum Gasteiger partial charge on any atom is 0.324 e. The van der Waals surface area contributed by atoms with E-state index in [2.05, 4.69) is 19.2 Å². The van der Waals surface area contributed by atoms with Crippen LogP contribution in [0.4, 0.5) is 4.79 Å². The summed E-state index contributed by atoms with van der Waals surface area (Å²) in [6, 6.07) is 7.06. The Hall–Kier alpha value is -2.35. The number of rotatable bonds is 4. The number of urea groups is 1. The van der Waals surface area contributed by atoms with Gasteiger partial charge in [0.05, 0.1) is 16.7 Å². The van der Waals surface area contributed by atoms with E-state index in [4.69, 9.17) is 4.98 Å². The first kappa shape index (κ1) is 19.9. The number of carbonyl (C=O) groups is 2. The Morgan fingerprint density at radius 2 is 2.03 bits per heavy atom. The van der Waals surface area contributed by atoms with Crippen LogP contribution in [0.2, 0.25) is 0 Å². The summed E-state index contributed by atoms with van der Waals surface area (Å²) in [5, 5.41) is 3.81. The lowest BCUT2D eigenvalue weighted by atomic mass is 9.78. The molecule has 1 aliphatic carbocycles. The number of thioether (sulfide) groups is 1. The number of benzene rings is 1. The van der Waals surface area contributed by atoms with Crippen molar-refractivity contribution in [2.75, 3.05) is 18.8 Å². The second-order valence-electron chi connectivity index (χ2n) is 7.99. The summed E-state index contributed by atoms with van der Waals surface area (Å²) in [5.74, 6) is 0.697. The number of imide groups is 1. The molecule has 1 aromatic carbocycles. The third-order valence-electron chi connectivity index (χ3n) is 6.25. The number of hydrogen-bond donors (Lipinski definition) is 1. The average molecular weight is 415 g/mol. The van der Waals surface area contributed by atoms with Gasteiger partial charge in [-0.2, -0.15) is 0 Å². The number of aromatic nitrogens is 2. The van der Waals surface area contributed by atoms with Gasteiger partial charge in [0.15, 0.2) is 5.16 Å². The number of nitrogens with one attached hydrogen (secondary N) is 1. The van der Waals surface area contributed by atoms with Crippen molar-refractivity contribution in [3.8, 4) is 0 Å². The molecule has 8 heteroatoms. The van der Waals surface area contributed by atoms with Gasteiger partial charge in [-0.1, -0.05) is 50.6 Å². The normalized spacial score (nSPS) is 24.7. The third-order valence-corrected chi connectivity index (χ3v) is 7.19. The Morgan fingerprint density at radius 1 is 1.24 bits per heavy atom. The molecule has 1 N–H and O–H groups in total. The highest BCUT2D eigenvalue weighted by Crippen LogP contribution is 2.38. The van der Waals surface area contributed by atoms with E-state index < -0.39 is 0 Å². The van der Waals surface area contributed by atoms with Crippen LogP contribution in [-0.4, -0.2) is 45.2 Å². The highest BCUT2D eigenvalue weighted by molar-refractivity contribution is 7.99. The quantitative estimate of drug-likeness (QED) is 0.614. The van der Waals surface area contributed by atoms with Gasteiger partial charge >= 0.3 is 6.03 Å². The Kier molecular flexibility index (Phi) is 5.63. The highest BCUT2D eigenvalue weighted by Gasteiger charge is 2.32. The molecule has 2 aliphatic rings. The van der Waals surface area contributed by atoms with E-state index in [1.807, 2.05) is 28.8 Å². The van der Waals surface area contributed by atoms with Crippen molar-refractivity contribution in [2.45, 2.75) is 44.3 Å². The monoisotopic (exact) mass is 414 g/mol. The van der Waals surface area contributed by atoms with Gasteiger partial charge in [-0.25, -0.2) is 9.78 Å². The van der Waals surface area contributed by atoms with E-state index in [0.717, 1.165) is 12.8 Å². The van der Waals surface area contributed by atoms with E-state index in [1.165, 1.54) is 23.1 Å². The number of para-hydroxylation sites is 1. The van der Waals surface area contributed by atoms with Crippen molar-refractivity contribution >= 4 is 34.6 Å². The van der Waals surface area contributed by atoms with Crippen LogP contribution in [0.5, 0.6) is 0 Å². The lowest BCUT2D eigenvalue weighted by Gasteiger charge is -2.36. The van der Waals surface area contributed by atoms with Crippen LogP contribution in [0.25, 0.3) is 10.9 Å². The zero-order valence-corrected chi connectivity index (χ0v) is 17.6. The molecule has 3 atom stereocenters. The molecule has 0 unspecified atom stereocenters. The summed E-state index contributed by atoms with van der Waals surface area (Å²) in [4.78, 5) is 43.6. The van der Waals surface area contributed by atoms with Crippen LogP contribution in [0.3, 0.4) is 0 Å². The van der Waals surface area contributed by atoms with Crippen molar-refractivity contribution in [3.63, 3.8) is 0 Å². The van der Waals surface area contributed by atoms with Gasteiger partial charge in [0.2, 0.25) is 5.91 Å². The maximum absolute atomic E-state index is 13.4. The lowest BCUT2D eigenvalue weighted by molar-refractivity contribution is -0.124. The van der Waals surface area contributed by atoms with Gasteiger partial charge < -0.3 is 5.32 Å². The van der Waals surface area contributed by atoms with E-state index in [0.29, 0.717) is 41.0 Å². The molecule has 1 saturated heterocycles. The number of fused-ring (bicyclic) bond motifs is 1. The van der Waals surface area contributed by atoms with Gasteiger partial charge in [-0.15, -0.1) is 0 Å². The zero-order chi connectivity index (χ0) is 20.5. The lowest BCUT2D eigenvalue weighted by Crippen LogP contribution is -2.37. The predicted molar refractivity (Wildman–Crippen MR) is 113 cm³/mol. The Bertz CT molecular complexity index is 1010. The maximum atomic E-state index is 13.4. The fourth-order valence-corrected chi connectivity index (χ4v) is 5.28. The van der Waals surface area contributed by atoms with Crippen molar-refractivity contribution < 1.29 is 9.59 Å². The molecule has 1 aromatic heterocycles. The fourth-order valence-electron chi connectivity index (χ4n) is 4.35. The molecule has 2 fully saturated rings. The Balaban J connectivity index is 1.70. The van der Waals surface area contributed by atoms with Crippen LogP contribution >= 0.6 is 11.8 Å². The summed E-state index contributed by atoms with van der Waals surface area (Å²) in [7, 11) is 0.